The zero-order valence-electron chi connectivity index (χ0n) is 17.9. The summed E-state index contributed by atoms with van der Waals surface area (Å²) in [6.45, 7) is 4.84. The van der Waals surface area contributed by atoms with Crippen LogP contribution < -0.4 is 0 Å². The van der Waals surface area contributed by atoms with Gasteiger partial charge in [-0.25, -0.2) is 0 Å². The molecule has 7 heteroatoms. The third kappa shape index (κ3) is 2.16. The number of fused-ring (bicyclic) bond motifs is 5. The highest BCUT2D eigenvalue weighted by atomic mass is 16.7. The van der Waals surface area contributed by atoms with Gasteiger partial charge < -0.3 is 18.8 Å². The number of rotatable bonds is 3. The predicted molar refractivity (Wildman–Crippen MR) is 110 cm³/mol. The van der Waals surface area contributed by atoms with Crippen LogP contribution in [0.25, 0.3) is 0 Å². The Morgan fingerprint density at radius 1 is 1.17 bits per heavy atom. The Morgan fingerprint density at radius 2 is 1.90 bits per heavy atom. The molecule has 0 amide bonds. The van der Waals surface area contributed by atoms with Crippen LogP contribution in [0.15, 0.2) is 30.3 Å². The Kier molecular flexibility index (Phi) is 3.65. The fourth-order valence-corrected chi connectivity index (χ4v) is 7.81. The van der Waals surface area contributed by atoms with Gasteiger partial charge in [0.05, 0.1) is 24.7 Å². The van der Waals surface area contributed by atoms with Crippen molar-refractivity contribution in [1.82, 2.24) is 0 Å². The number of quaternary nitrogens is 1. The lowest BCUT2D eigenvalue weighted by atomic mass is 9.43. The number of hydrogen-bond donors (Lipinski definition) is 1. The molecule has 9 atom stereocenters. The highest BCUT2D eigenvalue weighted by Crippen LogP contribution is 2.64. The van der Waals surface area contributed by atoms with E-state index < -0.39 is 24.6 Å². The maximum atomic E-state index is 12.9. The fourth-order valence-electron chi connectivity index (χ4n) is 7.81. The first-order valence-electron chi connectivity index (χ1n) is 11.4. The number of benzene rings is 1. The van der Waals surface area contributed by atoms with Crippen molar-refractivity contribution in [3.05, 3.63) is 35.9 Å². The number of hydrogen-bond acceptors (Lipinski definition) is 5. The maximum absolute atomic E-state index is 12.9. The molecule has 0 radical (unpaired) electrons. The Morgan fingerprint density at radius 3 is 2.57 bits per heavy atom. The van der Waals surface area contributed by atoms with Crippen molar-refractivity contribution < 1.29 is 28.4 Å². The maximum Gasteiger partial charge on any atom is 0.556 e. The number of ketones is 1. The summed E-state index contributed by atoms with van der Waals surface area (Å²) in [5, 5.41) is 12.1. The van der Waals surface area contributed by atoms with Crippen LogP contribution in [-0.2, 0) is 19.0 Å². The molecule has 4 unspecified atom stereocenters. The first-order valence-corrected chi connectivity index (χ1v) is 11.4. The van der Waals surface area contributed by atoms with Gasteiger partial charge in [-0.2, -0.15) is 0 Å². The van der Waals surface area contributed by atoms with Gasteiger partial charge in [0.15, 0.2) is 5.92 Å². The minimum Gasteiger partial charge on any atom is -0.613 e. The van der Waals surface area contributed by atoms with E-state index in [2.05, 4.69) is 20.8 Å². The zero-order chi connectivity index (χ0) is 21.1. The van der Waals surface area contributed by atoms with Crippen LogP contribution in [-0.4, -0.2) is 53.0 Å². The van der Waals surface area contributed by atoms with Gasteiger partial charge in [0.2, 0.25) is 5.78 Å². The summed E-state index contributed by atoms with van der Waals surface area (Å²) in [6, 6.07) is 9.30. The van der Waals surface area contributed by atoms with E-state index in [9.17, 15) is 14.6 Å². The summed E-state index contributed by atoms with van der Waals surface area (Å²) in [4.78, 5) is 25.5. The van der Waals surface area contributed by atoms with E-state index in [1.807, 2.05) is 30.3 Å². The van der Waals surface area contributed by atoms with Gasteiger partial charge in [-0.05, 0) is 35.7 Å². The normalized spacial score (nSPS) is 50.6. The molecule has 3 heterocycles. The molecule has 6 fully saturated rings. The molecule has 30 heavy (non-hydrogen) atoms. The second-order valence-corrected chi connectivity index (χ2v) is 11.1. The number of nitrogens with zero attached hydrogens (tertiary/aromatic N) is 1. The van der Waals surface area contributed by atoms with Crippen molar-refractivity contribution in [2.24, 2.45) is 29.1 Å². The quantitative estimate of drug-likeness (QED) is 0.469. The molecule has 6 nitrogen and oxygen atoms in total. The van der Waals surface area contributed by atoms with Gasteiger partial charge in [0, 0.05) is 5.92 Å². The topological polar surface area (TPSA) is 76.1 Å². The Bertz CT molecular complexity index is 937. The third-order valence-electron chi connectivity index (χ3n) is 9.73. The van der Waals surface area contributed by atoms with Gasteiger partial charge in [-0.1, -0.05) is 51.1 Å². The van der Waals surface area contributed by atoms with E-state index in [-0.39, 0.29) is 28.9 Å². The zero-order valence-corrected chi connectivity index (χ0v) is 17.9. The summed E-state index contributed by atoms with van der Waals surface area (Å²) in [7, 11) is 0. The van der Waals surface area contributed by atoms with Crippen molar-refractivity contribution in [1.29, 1.82) is 0 Å². The van der Waals surface area contributed by atoms with E-state index in [1.165, 1.54) is 6.42 Å². The molecule has 7 rings (SSSR count). The standard InChI is InChI=1S/C23H30BNO5/c1-13-17-9-15(23(17,2)3)10-18(13)25-11-16(19(26)12-25)22(27)30-24(25,28)21-20(29-21)14-7-5-4-6-8-14/h4-8,13,15-18,20-21,28H,9-12H2,1-3H3/t13-,15+,16?,17?,18?,20+,21?,24+,25-/m1/s1. The van der Waals surface area contributed by atoms with Crippen LogP contribution in [0.1, 0.15) is 45.3 Å². The van der Waals surface area contributed by atoms with E-state index in [4.69, 9.17) is 9.39 Å². The van der Waals surface area contributed by atoms with Crippen molar-refractivity contribution in [3.8, 4) is 0 Å². The van der Waals surface area contributed by atoms with Crippen molar-refractivity contribution >= 4 is 18.4 Å². The first kappa shape index (κ1) is 19.0. The Hall–Kier alpha value is -1.70. The van der Waals surface area contributed by atoms with Crippen LogP contribution >= 0.6 is 0 Å². The molecule has 1 N–H and O–H groups in total. The molecule has 0 aromatic heterocycles. The highest BCUT2D eigenvalue weighted by molar-refractivity contribution is 6.64. The van der Waals surface area contributed by atoms with Crippen LogP contribution in [0, 0.1) is 29.1 Å². The predicted octanol–water partition coefficient (Wildman–Crippen LogP) is 2.24. The van der Waals surface area contributed by atoms with E-state index in [0.29, 0.717) is 29.7 Å². The smallest absolute Gasteiger partial charge is 0.556 e. The largest absolute Gasteiger partial charge is 0.613 e. The average Bonchev–Trinajstić information content (AvgIpc) is 3.45. The fraction of sp³-hybridized carbons (Fsp3) is 0.652. The second-order valence-electron chi connectivity index (χ2n) is 11.1. The molecule has 4 bridgehead atoms. The Labute approximate surface area is 177 Å². The summed E-state index contributed by atoms with van der Waals surface area (Å²) in [5.41, 5.74) is 1.28. The number of ether oxygens (including phenoxy) is 1. The molecule has 6 aliphatic rings. The number of carbonyl (C=O) groups is 2. The van der Waals surface area contributed by atoms with Gasteiger partial charge in [-0.3, -0.25) is 9.59 Å². The molecule has 3 saturated carbocycles. The van der Waals surface area contributed by atoms with Gasteiger partial charge in [-0.15, -0.1) is 0 Å². The molecule has 1 aromatic rings. The lowest BCUT2D eigenvalue weighted by Gasteiger charge is -2.69. The monoisotopic (exact) mass is 411 g/mol. The molecular weight excluding hydrogens is 381 g/mol. The van der Waals surface area contributed by atoms with Crippen LogP contribution in [0.3, 0.4) is 0 Å². The van der Waals surface area contributed by atoms with Crippen LogP contribution in [0.4, 0.5) is 0 Å². The molecule has 3 saturated heterocycles. The van der Waals surface area contributed by atoms with Crippen molar-refractivity contribution in [2.75, 3.05) is 13.1 Å². The SMILES string of the molecule is C[C@@H]1C2C[C@@H](CC1[N@+]13CC(=O)C(C1)C(=O)O[B@@-]3(O)C1O[C@H]1c1ccccc1)C2(C)C. The third-order valence-corrected chi connectivity index (χ3v) is 9.73. The summed E-state index contributed by atoms with van der Waals surface area (Å²) >= 11 is 0. The number of carbonyl (C=O) groups excluding carboxylic acids is 2. The highest BCUT2D eigenvalue weighted by Gasteiger charge is 2.76. The van der Waals surface area contributed by atoms with Crippen molar-refractivity contribution in [3.63, 3.8) is 0 Å². The lowest BCUT2D eigenvalue weighted by Crippen LogP contribution is -2.81. The van der Waals surface area contributed by atoms with Crippen LogP contribution in [0.5, 0.6) is 0 Å². The molecule has 3 aliphatic heterocycles. The lowest BCUT2D eigenvalue weighted by molar-refractivity contribution is -0.872. The van der Waals surface area contributed by atoms with Gasteiger partial charge in [0.25, 0.3) is 5.97 Å². The van der Waals surface area contributed by atoms with Gasteiger partial charge >= 0.3 is 6.69 Å². The van der Waals surface area contributed by atoms with E-state index >= 15 is 0 Å². The Balaban J connectivity index is 1.40. The molecule has 3 aliphatic carbocycles. The molecule has 160 valence electrons. The first-order chi connectivity index (χ1) is 14.2. The van der Waals surface area contributed by atoms with E-state index in [1.54, 1.807) is 0 Å². The second kappa shape index (κ2) is 5.75. The number of Topliss-reactive ketones (excluding diaryl/α,β-unsaturated/α-hetero) is 1. The van der Waals surface area contributed by atoms with E-state index in [0.717, 1.165) is 12.0 Å². The molecular formula is C23H30BNO5. The number of epoxide rings is 1. The molecule has 1 aromatic carbocycles. The van der Waals surface area contributed by atoms with Gasteiger partial charge in [0.1, 0.15) is 6.54 Å². The minimum atomic E-state index is -2.68. The van der Waals surface area contributed by atoms with Crippen LogP contribution in [0.2, 0.25) is 0 Å². The summed E-state index contributed by atoms with van der Waals surface area (Å²) in [5.74, 6) is 0.138. The summed E-state index contributed by atoms with van der Waals surface area (Å²) < 4.78 is 12.0. The minimum absolute atomic E-state index is 0.0829. The summed E-state index contributed by atoms with van der Waals surface area (Å²) in [6.07, 6.45) is 1.89. The molecule has 0 spiro atoms. The van der Waals surface area contributed by atoms with Crippen molar-refractivity contribution in [2.45, 2.75) is 51.8 Å². The average molecular weight is 411 g/mol.